The third kappa shape index (κ3) is 10.8. The Hall–Kier alpha value is -1.10. The van der Waals surface area contributed by atoms with Crippen LogP contribution in [-0.2, 0) is 9.59 Å². The van der Waals surface area contributed by atoms with Crippen LogP contribution in [0.25, 0.3) is 0 Å². The largest absolute Gasteiger partial charge is 0.370 e. The second-order valence-corrected chi connectivity index (χ2v) is 3.94. The molecule has 0 heterocycles. The van der Waals surface area contributed by atoms with Gasteiger partial charge in [0.15, 0.2) is 0 Å². The van der Waals surface area contributed by atoms with E-state index in [0.717, 1.165) is 0 Å². The summed E-state index contributed by atoms with van der Waals surface area (Å²) in [7, 11) is 0. The number of nitrogens with one attached hydrogen (secondary N) is 2. The molecule has 0 saturated carbocycles. The van der Waals surface area contributed by atoms with Crippen LogP contribution < -0.4 is 16.4 Å². The highest BCUT2D eigenvalue weighted by atomic mass is 16.2. The molecule has 0 aromatic carbocycles. The van der Waals surface area contributed by atoms with Crippen LogP contribution in [0.1, 0.15) is 26.7 Å². The standard InChI is InChI=1S/C10H21N3O2/c1-8(2)6-13-10(15)7-12-5-3-4-9(11)14/h8,12H,3-7H2,1-2H3,(H2,11,14)(H,13,15). The SMILES string of the molecule is CC(C)CNC(=O)CNCCCC(N)=O. The van der Waals surface area contributed by atoms with Gasteiger partial charge in [0.1, 0.15) is 0 Å². The van der Waals surface area contributed by atoms with Gasteiger partial charge in [0.25, 0.3) is 0 Å². The molecule has 0 saturated heterocycles. The van der Waals surface area contributed by atoms with Crippen LogP contribution >= 0.6 is 0 Å². The fourth-order valence-electron chi connectivity index (χ4n) is 0.970. The van der Waals surface area contributed by atoms with E-state index in [2.05, 4.69) is 10.6 Å². The van der Waals surface area contributed by atoms with Crippen LogP contribution in [-0.4, -0.2) is 31.4 Å². The van der Waals surface area contributed by atoms with Crippen molar-refractivity contribution in [1.29, 1.82) is 0 Å². The highest BCUT2D eigenvalue weighted by Crippen LogP contribution is 1.86. The molecule has 0 aliphatic carbocycles. The molecule has 0 atom stereocenters. The van der Waals surface area contributed by atoms with Gasteiger partial charge in [-0.1, -0.05) is 13.8 Å². The number of carbonyl (C=O) groups excluding carboxylic acids is 2. The zero-order chi connectivity index (χ0) is 11.7. The first kappa shape index (κ1) is 13.9. The van der Waals surface area contributed by atoms with Crippen molar-refractivity contribution in [2.75, 3.05) is 19.6 Å². The van der Waals surface area contributed by atoms with E-state index in [1.54, 1.807) is 0 Å². The van der Waals surface area contributed by atoms with Crippen LogP contribution in [0.4, 0.5) is 0 Å². The van der Waals surface area contributed by atoms with Crippen molar-refractivity contribution in [2.45, 2.75) is 26.7 Å². The second-order valence-electron chi connectivity index (χ2n) is 3.94. The molecule has 0 aliphatic rings. The average Bonchev–Trinajstić information content (AvgIpc) is 2.13. The summed E-state index contributed by atoms with van der Waals surface area (Å²) in [6, 6.07) is 0. The van der Waals surface area contributed by atoms with Crippen molar-refractivity contribution in [3.63, 3.8) is 0 Å². The Morgan fingerprint density at radius 1 is 1.33 bits per heavy atom. The molecule has 15 heavy (non-hydrogen) atoms. The molecule has 0 radical (unpaired) electrons. The first-order valence-electron chi connectivity index (χ1n) is 5.28. The van der Waals surface area contributed by atoms with E-state index < -0.39 is 0 Å². The first-order valence-corrected chi connectivity index (χ1v) is 5.28. The van der Waals surface area contributed by atoms with Gasteiger partial charge in [-0.05, 0) is 18.9 Å². The smallest absolute Gasteiger partial charge is 0.233 e. The fraction of sp³-hybridized carbons (Fsp3) is 0.800. The van der Waals surface area contributed by atoms with Gasteiger partial charge in [-0.3, -0.25) is 9.59 Å². The molecule has 0 rings (SSSR count). The molecular formula is C10H21N3O2. The lowest BCUT2D eigenvalue weighted by atomic mass is 10.2. The van der Waals surface area contributed by atoms with E-state index in [1.807, 2.05) is 13.8 Å². The van der Waals surface area contributed by atoms with Gasteiger partial charge in [0.2, 0.25) is 11.8 Å². The fourth-order valence-corrected chi connectivity index (χ4v) is 0.970. The van der Waals surface area contributed by atoms with Crippen molar-refractivity contribution < 1.29 is 9.59 Å². The molecule has 4 N–H and O–H groups in total. The predicted octanol–water partition coefficient (Wildman–Crippen LogP) is -0.386. The van der Waals surface area contributed by atoms with Gasteiger partial charge in [-0.15, -0.1) is 0 Å². The Labute approximate surface area is 90.8 Å². The van der Waals surface area contributed by atoms with E-state index in [1.165, 1.54) is 0 Å². The van der Waals surface area contributed by atoms with Crippen LogP contribution in [0.3, 0.4) is 0 Å². The van der Waals surface area contributed by atoms with Gasteiger partial charge in [-0.25, -0.2) is 0 Å². The zero-order valence-corrected chi connectivity index (χ0v) is 9.51. The number of primary amides is 1. The Bertz CT molecular complexity index is 205. The minimum Gasteiger partial charge on any atom is -0.370 e. The van der Waals surface area contributed by atoms with Crippen LogP contribution in [0.15, 0.2) is 0 Å². The van der Waals surface area contributed by atoms with Crippen LogP contribution in [0.2, 0.25) is 0 Å². The third-order valence-corrected chi connectivity index (χ3v) is 1.77. The summed E-state index contributed by atoms with van der Waals surface area (Å²) in [6.07, 6.45) is 1.04. The Balaban J connectivity index is 3.28. The number of amides is 2. The second kappa shape index (κ2) is 8.23. The number of hydrogen-bond donors (Lipinski definition) is 3. The van der Waals surface area contributed by atoms with Crippen LogP contribution in [0.5, 0.6) is 0 Å². The lowest BCUT2D eigenvalue weighted by molar-refractivity contribution is -0.120. The molecule has 0 spiro atoms. The Morgan fingerprint density at radius 2 is 2.00 bits per heavy atom. The maximum absolute atomic E-state index is 11.2. The summed E-state index contributed by atoms with van der Waals surface area (Å²) in [5.41, 5.74) is 4.97. The first-order chi connectivity index (χ1) is 7.02. The van der Waals surface area contributed by atoms with Crippen molar-refractivity contribution >= 4 is 11.8 Å². The molecule has 5 heteroatoms. The van der Waals surface area contributed by atoms with Gasteiger partial charge in [0.05, 0.1) is 6.54 Å². The maximum atomic E-state index is 11.2. The van der Waals surface area contributed by atoms with Crippen LogP contribution in [0, 0.1) is 5.92 Å². The van der Waals surface area contributed by atoms with Crippen molar-refractivity contribution in [3.05, 3.63) is 0 Å². The van der Waals surface area contributed by atoms with Gasteiger partial charge in [-0.2, -0.15) is 0 Å². The molecule has 0 unspecified atom stereocenters. The highest BCUT2D eigenvalue weighted by Gasteiger charge is 2.01. The summed E-state index contributed by atoms with van der Waals surface area (Å²) >= 11 is 0. The average molecular weight is 215 g/mol. The molecular weight excluding hydrogens is 194 g/mol. The number of nitrogens with two attached hydrogens (primary N) is 1. The summed E-state index contributed by atoms with van der Waals surface area (Å²) in [5, 5.41) is 5.73. The molecule has 0 bridgehead atoms. The predicted molar refractivity (Wildman–Crippen MR) is 59.1 cm³/mol. The maximum Gasteiger partial charge on any atom is 0.233 e. The van der Waals surface area contributed by atoms with Crippen molar-refractivity contribution in [3.8, 4) is 0 Å². The lowest BCUT2D eigenvalue weighted by Crippen LogP contribution is -2.36. The summed E-state index contributed by atoms with van der Waals surface area (Å²) in [5.74, 6) is 0.146. The molecule has 2 amide bonds. The van der Waals surface area contributed by atoms with Gasteiger partial charge in [0, 0.05) is 13.0 Å². The summed E-state index contributed by atoms with van der Waals surface area (Å²) in [4.78, 5) is 21.6. The van der Waals surface area contributed by atoms with E-state index in [9.17, 15) is 9.59 Å². The van der Waals surface area contributed by atoms with Crippen molar-refractivity contribution in [1.82, 2.24) is 10.6 Å². The minimum atomic E-state index is -0.305. The quantitative estimate of drug-likeness (QED) is 0.482. The molecule has 5 nitrogen and oxygen atoms in total. The molecule has 0 fully saturated rings. The molecule has 0 aromatic heterocycles. The number of rotatable bonds is 8. The van der Waals surface area contributed by atoms with E-state index in [-0.39, 0.29) is 11.8 Å². The van der Waals surface area contributed by atoms with Crippen molar-refractivity contribution in [2.24, 2.45) is 11.7 Å². The number of carbonyl (C=O) groups is 2. The third-order valence-electron chi connectivity index (χ3n) is 1.77. The zero-order valence-electron chi connectivity index (χ0n) is 9.51. The normalized spacial score (nSPS) is 10.3. The lowest BCUT2D eigenvalue weighted by Gasteiger charge is -2.08. The Morgan fingerprint density at radius 3 is 2.53 bits per heavy atom. The highest BCUT2D eigenvalue weighted by molar-refractivity contribution is 5.78. The van der Waals surface area contributed by atoms with E-state index >= 15 is 0 Å². The molecule has 88 valence electrons. The van der Waals surface area contributed by atoms with E-state index in [4.69, 9.17) is 5.73 Å². The molecule has 0 aromatic rings. The van der Waals surface area contributed by atoms with E-state index in [0.29, 0.717) is 38.4 Å². The summed E-state index contributed by atoms with van der Waals surface area (Å²) < 4.78 is 0. The summed E-state index contributed by atoms with van der Waals surface area (Å²) in [6.45, 7) is 5.71. The molecule has 0 aliphatic heterocycles. The topological polar surface area (TPSA) is 84.2 Å². The van der Waals surface area contributed by atoms with Gasteiger partial charge >= 0.3 is 0 Å². The minimum absolute atomic E-state index is 0.0113. The monoisotopic (exact) mass is 215 g/mol. The Kier molecular flexibility index (Phi) is 7.62. The number of hydrogen-bond acceptors (Lipinski definition) is 3. The van der Waals surface area contributed by atoms with Gasteiger partial charge < -0.3 is 16.4 Å².